The minimum absolute atomic E-state index is 0.0924. The van der Waals surface area contributed by atoms with Gasteiger partial charge in [0, 0.05) is 147 Å². The van der Waals surface area contributed by atoms with E-state index in [1.54, 1.807) is 16.7 Å². The number of amides is 3. The monoisotopic (exact) mass is 1720 g/mol. The van der Waals surface area contributed by atoms with Crippen LogP contribution in [0, 0.1) is 54.9 Å². The first-order valence-electron chi connectivity index (χ1n) is 44.7. The maximum Gasteiger partial charge on any atom is 0.318 e. The Morgan fingerprint density at radius 1 is 0.548 bits per heavy atom. The number of nitrogens with zero attached hydrogens (tertiary/aromatic N) is 21. The van der Waals surface area contributed by atoms with E-state index in [0.29, 0.717) is 135 Å². The maximum atomic E-state index is 13.1. The third-order valence-corrected chi connectivity index (χ3v) is 27.5. The number of hydrogen-bond donors (Lipinski definition) is 1. The number of hydrogen-bond acceptors (Lipinski definition) is 24. The number of anilines is 6. The number of likely N-dealkylation sites (tertiary alicyclic amines) is 3. The summed E-state index contributed by atoms with van der Waals surface area (Å²) in [5.74, 6) is 7.61. The van der Waals surface area contributed by atoms with Crippen LogP contribution in [0.4, 0.5) is 34.5 Å². The van der Waals surface area contributed by atoms with E-state index < -0.39 is 6.10 Å². The molecule has 656 valence electrons. The van der Waals surface area contributed by atoms with E-state index in [-0.39, 0.29) is 54.9 Å². The molecule has 29 heteroatoms. The van der Waals surface area contributed by atoms with E-state index in [2.05, 4.69) is 192 Å². The van der Waals surface area contributed by atoms with E-state index in [4.69, 9.17) is 62.3 Å². The molecule has 3 aromatic heterocycles. The van der Waals surface area contributed by atoms with Gasteiger partial charge >= 0.3 is 18.0 Å². The summed E-state index contributed by atoms with van der Waals surface area (Å²) in [6.45, 7) is 31.1. The standard InChI is InChI=1S/C33H36ClN7O2.C32H37N7O3.C32H41N7O2/c1-3-7-30(42)41-19-18-40(20-24(41)13-15-35)32-26-14-17-39(29-12-5-9-23-8-4-11-27(34)31(23)29)21-28(26)36-33(37-32)43-22-25-10-6-16-38(25)2;1-4-30(41)39-17-16-38(19-23(39)18-33-2)31-25-12-15-37(27-11-7-9-22-8-5-6-10-24(22)27)20-26(25)34-32(35-31)42-21-28-29(40)13-14-36(28)3;1-22-7-4-11-29(23(22)2)37-16-13-27-28(20-37)34-32(41-21-26-10-6-15-36(26)3)35-30(27)38-17-18-39(25(19-38)12-14-33)31(40)24-8-5-9-24/h4-5,8-9,11-12,24-25H,6,10,13-14,16-22H2,1-2H3;4-11,23,28-29,40H,1,12-21H2,3H3;4,7-8,11,25-26H,5-6,9-10,12-13,15-21H2,1-3H3/t24-,25-;23-,28+,29-;25-,26-/m000/s1. The molecule has 7 atom stereocenters. The summed E-state index contributed by atoms with van der Waals surface area (Å²) >= 11 is 6.70. The first-order valence-corrected chi connectivity index (χ1v) is 45.0. The molecule has 0 unspecified atom stereocenters. The van der Waals surface area contributed by atoms with E-state index in [1.807, 2.05) is 30.2 Å². The van der Waals surface area contributed by atoms with Gasteiger partial charge in [0.25, 0.3) is 5.91 Å². The lowest BCUT2D eigenvalue weighted by molar-refractivity contribution is -0.130. The topological polar surface area (TPSA) is 267 Å². The average Bonchev–Trinajstić information content (AvgIpc) is 1.06. The van der Waals surface area contributed by atoms with Crippen molar-refractivity contribution in [2.75, 3.05) is 175 Å². The fourth-order valence-corrected chi connectivity index (χ4v) is 20.0. The molecule has 3 amide bonds. The number of allylic oxidation sites excluding steroid dienone is 1. The predicted octanol–water partition coefficient (Wildman–Crippen LogP) is 10.8. The highest BCUT2D eigenvalue weighted by atomic mass is 35.5. The normalized spacial score (nSPS) is 21.8. The van der Waals surface area contributed by atoms with Gasteiger partial charge in [-0.25, -0.2) is 6.57 Å². The fraction of sp³-hybridized carbons (Fsp3) is 0.485. The lowest BCUT2D eigenvalue weighted by Gasteiger charge is -2.43. The van der Waals surface area contributed by atoms with Gasteiger partial charge in [-0.05, 0) is 177 Å². The zero-order valence-corrected chi connectivity index (χ0v) is 74.1. The summed E-state index contributed by atoms with van der Waals surface area (Å²) in [5, 5.41) is 34.9. The van der Waals surface area contributed by atoms with Gasteiger partial charge in [-0.2, -0.15) is 40.4 Å². The van der Waals surface area contributed by atoms with Crippen molar-refractivity contribution in [3.63, 3.8) is 0 Å². The molecule has 28 nitrogen and oxygen atoms in total. The number of likely N-dealkylation sites (N-methyl/N-ethyl adjacent to an activating group) is 3. The number of aliphatic hydroxyl groups excluding tert-OH is 1. The Labute approximate surface area is 744 Å². The van der Waals surface area contributed by atoms with Crippen molar-refractivity contribution < 1.29 is 33.7 Å². The number of carbonyl (C=O) groups is 3. The molecule has 18 rings (SSSR count). The third kappa shape index (κ3) is 19.1. The smallest absolute Gasteiger partial charge is 0.318 e. The molecule has 0 radical (unpaired) electrons. The second kappa shape index (κ2) is 39.8. The Kier molecular flexibility index (Phi) is 27.6. The largest absolute Gasteiger partial charge is 0.462 e. The number of aromatic nitrogens is 6. The molecule has 0 saturated carbocycles. The van der Waals surface area contributed by atoms with Crippen LogP contribution in [0.15, 0.2) is 121 Å². The van der Waals surface area contributed by atoms with E-state index >= 15 is 0 Å². The highest BCUT2D eigenvalue weighted by Gasteiger charge is 2.41. The van der Waals surface area contributed by atoms with Crippen LogP contribution >= 0.6 is 11.6 Å². The molecular formula is C97H114ClN21O7. The highest BCUT2D eigenvalue weighted by Crippen LogP contribution is 2.41. The van der Waals surface area contributed by atoms with Crippen LogP contribution in [0.2, 0.25) is 5.02 Å². The van der Waals surface area contributed by atoms with Crippen molar-refractivity contribution in [2.24, 2.45) is 0 Å². The van der Waals surface area contributed by atoms with Gasteiger partial charge in [0.2, 0.25) is 18.4 Å². The van der Waals surface area contributed by atoms with Crippen LogP contribution in [0.25, 0.3) is 26.4 Å². The quantitative estimate of drug-likeness (QED) is 0.0422. The highest BCUT2D eigenvalue weighted by molar-refractivity contribution is 6.36. The first-order chi connectivity index (χ1) is 61.3. The molecule has 6 fully saturated rings. The number of aryl methyl sites for hydroxylation is 1. The van der Waals surface area contributed by atoms with Gasteiger partial charge in [-0.3, -0.25) is 19.3 Å². The van der Waals surface area contributed by atoms with Crippen LogP contribution in [0.5, 0.6) is 18.0 Å². The predicted molar refractivity (Wildman–Crippen MR) is 490 cm³/mol. The van der Waals surface area contributed by atoms with Crippen LogP contribution in [0.3, 0.4) is 0 Å². The molecule has 10 aliphatic rings. The van der Waals surface area contributed by atoms with Crippen molar-refractivity contribution in [1.29, 1.82) is 10.5 Å². The zero-order valence-electron chi connectivity index (χ0n) is 73.3. The lowest BCUT2D eigenvalue weighted by atomic mass is 9.96. The zero-order chi connectivity index (χ0) is 87.6. The number of rotatable bonds is 20. The SMILES string of the molecule is CC#CC(=O)N1CCN(c2nc(OC[C@@H]3CCCN3C)nc3c2CCN(c2cccc4cccc(Cl)c24)C3)C[C@@H]1CC#N.Cc1cccc(N2CCc3c(nc(OC[C@@H]4CCCN4C)nc3N3CCN(C(=O)C4=CCC4)[C@@H](CC#N)C3)C2)c1C.[C-]#[N+]C[C@H]1CN(c2nc(OC[C@@H]3[C@@H](O)CCN3C)nc3c2CCN(c2cccc4ccccc24)C3)CCN1C(=O)C=C. The summed E-state index contributed by atoms with van der Waals surface area (Å²) in [4.78, 5) is 97.7. The van der Waals surface area contributed by atoms with Crippen molar-refractivity contribution >= 4 is 85.4 Å². The van der Waals surface area contributed by atoms with Gasteiger partial charge in [0.15, 0.2) is 0 Å². The molecule has 126 heavy (non-hydrogen) atoms. The van der Waals surface area contributed by atoms with Crippen molar-refractivity contribution in [2.45, 2.75) is 160 Å². The van der Waals surface area contributed by atoms with Gasteiger partial charge in [0.1, 0.15) is 43.3 Å². The Morgan fingerprint density at radius 3 is 1.56 bits per heavy atom. The summed E-state index contributed by atoms with van der Waals surface area (Å²) in [6.07, 6.45) is 12.9. The van der Waals surface area contributed by atoms with Crippen molar-refractivity contribution in [1.82, 2.24) is 59.3 Å². The molecular weight excluding hydrogens is 1610 g/mol. The Balaban J connectivity index is 0.000000139. The number of halogens is 1. The minimum Gasteiger partial charge on any atom is -0.462 e. The van der Waals surface area contributed by atoms with Crippen LogP contribution < -0.4 is 43.6 Å². The number of fused-ring (bicyclic) bond motifs is 5. The van der Waals surface area contributed by atoms with Crippen molar-refractivity contribution in [3.05, 3.63) is 183 Å². The second-order valence-electron chi connectivity index (χ2n) is 34.7. The molecule has 9 aliphatic heterocycles. The first kappa shape index (κ1) is 87.6. The molecule has 8 aromatic rings. The number of piperazine rings is 3. The minimum atomic E-state index is -0.446. The number of ether oxygens (including phenoxy) is 3. The number of carbonyl (C=O) groups excluding carboxylic acids is 3. The number of aliphatic hydroxyl groups is 1. The average molecular weight is 1720 g/mol. The number of nitriles is 2. The summed E-state index contributed by atoms with van der Waals surface area (Å²) in [7, 11) is 6.28. The maximum absolute atomic E-state index is 13.1. The number of benzene rings is 5. The molecule has 0 spiro atoms. The molecule has 6 saturated heterocycles. The van der Waals surface area contributed by atoms with E-state index in [9.17, 15) is 30.0 Å². The van der Waals surface area contributed by atoms with E-state index in [1.165, 1.54) is 45.8 Å². The summed E-state index contributed by atoms with van der Waals surface area (Å²) in [6, 6.07) is 39.2. The Hall–Kier alpha value is -11.9. The van der Waals surface area contributed by atoms with Crippen LogP contribution in [-0.4, -0.2) is 270 Å². The Bertz CT molecular complexity index is 5580. The molecule has 0 bridgehead atoms. The van der Waals surface area contributed by atoms with Gasteiger partial charge in [-0.1, -0.05) is 103 Å². The second-order valence-corrected chi connectivity index (χ2v) is 35.2. The summed E-state index contributed by atoms with van der Waals surface area (Å²) in [5.41, 5.74) is 13.2. The Morgan fingerprint density at radius 2 is 1.04 bits per heavy atom. The molecule has 12 heterocycles. The van der Waals surface area contributed by atoms with Gasteiger partial charge < -0.3 is 78.1 Å². The van der Waals surface area contributed by atoms with Crippen LogP contribution in [-0.2, 0) is 53.3 Å². The van der Waals surface area contributed by atoms with E-state index in [0.717, 1.165) is 175 Å². The fourth-order valence-electron chi connectivity index (χ4n) is 19.7. The third-order valence-electron chi connectivity index (χ3n) is 27.2. The molecule has 5 aromatic carbocycles. The summed E-state index contributed by atoms with van der Waals surface area (Å²) < 4.78 is 18.8. The van der Waals surface area contributed by atoms with Crippen LogP contribution in [0.1, 0.15) is 110 Å². The van der Waals surface area contributed by atoms with Gasteiger partial charge in [-0.15, -0.1) is 0 Å². The molecule has 1 aliphatic carbocycles. The molecule has 1 N–H and O–H groups in total. The van der Waals surface area contributed by atoms with Gasteiger partial charge in [0.05, 0.1) is 90.9 Å². The van der Waals surface area contributed by atoms with Crippen molar-refractivity contribution in [3.8, 4) is 42.0 Å². The lowest BCUT2D eigenvalue weighted by Crippen LogP contribution is -2.56.